The largest absolute Gasteiger partial charge is 0.372 e. The van der Waals surface area contributed by atoms with Gasteiger partial charge in [0.05, 0.1) is 19.0 Å². The number of rotatable bonds is 4. The predicted molar refractivity (Wildman–Crippen MR) is 84.0 cm³/mol. The van der Waals surface area contributed by atoms with E-state index in [0.29, 0.717) is 24.5 Å². The van der Waals surface area contributed by atoms with Crippen molar-refractivity contribution < 1.29 is 17.9 Å². The second kappa shape index (κ2) is 6.10. The van der Waals surface area contributed by atoms with Crippen molar-refractivity contribution in [1.29, 1.82) is 0 Å². The first-order valence-electron chi connectivity index (χ1n) is 7.10. The zero-order valence-corrected chi connectivity index (χ0v) is 13.4. The molecule has 1 aromatic heterocycles. The van der Waals surface area contributed by atoms with Crippen molar-refractivity contribution in [2.24, 2.45) is 0 Å². The molecule has 0 unspecified atom stereocenters. The number of ether oxygens (including phenoxy) is 1. The summed E-state index contributed by atoms with van der Waals surface area (Å²) in [4.78, 5) is 16.0. The number of nitrogens with zero attached hydrogens (tertiary/aromatic N) is 1. The molecule has 1 aliphatic rings. The number of fused-ring (bicyclic) bond motifs is 1. The molecule has 0 spiro atoms. The quantitative estimate of drug-likeness (QED) is 0.921. The molecular formula is C16H16N2O4S. The first-order valence-corrected chi connectivity index (χ1v) is 8.75. The number of hydrogen-bond acceptors (Lipinski definition) is 5. The van der Waals surface area contributed by atoms with Gasteiger partial charge in [0.2, 0.25) is 10.0 Å². The SMILES string of the molecule is Cc1cccc(C(=O)NS(=O)(=O)Cc2ccc3c(c2)COC3)n1. The Labute approximate surface area is 134 Å². The normalized spacial score (nSPS) is 13.6. The summed E-state index contributed by atoms with van der Waals surface area (Å²) in [7, 11) is -3.79. The molecular weight excluding hydrogens is 316 g/mol. The molecule has 1 amide bonds. The summed E-state index contributed by atoms with van der Waals surface area (Å²) < 4.78 is 31.7. The van der Waals surface area contributed by atoms with Gasteiger partial charge in [-0.05, 0) is 35.7 Å². The zero-order chi connectivity index (χ0) is 16.4. The number of aryl methyl sites for hydroxylation is 1. The van der Waals surface area contributed by atoms with Crippen LogP contribution in [0.4, 0.5) is 0 Å². The fourth-order valence-corrected chi connectivity index (χ4v) is 3.51. The molecule has 120 valence electrons. The average molecular weight is 332 g/mol. The molecule has 2 heterocycles. The van der Waals surface area contributed by atoms with Crippen molar-refractivity contribution in [3.05, 3.63) is 64.5 Å². The molecule has 0 saturated heterocycles. The van der Waals surface area contributed by atoms with Crippen LogP contribution in [0.1, 0.15) is 32.9 Å². The van der Waals surface area contributed by atoms with Crippen LogP contribution in [0.5, 0.6) is 0 Å². The molecule has 0 aliphatic carbocycles. The minimum absolute atomic E-state index is 0.0796. The van der Waals surface area contributed by atoms with Crippen LogP contribution < -0.4 is 4.72 Å². The summed E-state index contributed by atoms with van der Waals surface area (Å²) >= 11 is 0. The molecule has 0 atom stereocenters. The summed E-state index contributed by atoms with van der Waals surface area (Å²) in [5, 5.41) is 0. The maximum Gasteiger partial charge on any atom is 0.283 e. The van der Waals surface area contributed by atoms with Crippen LogP contribution in [-0.4, -0.2) is 19.3 Å². The highest BCUT2D eigenvalue weighted by molar-refractivity contribution is 7.89. The van der Waals surface area contributed by atoms with Crippen LogP contribution in [0, 0.1) is 6.92 Å². The number of nitrogens with one attached hydrogen (secondary N) is 1. The van der Waals surface area contributed by atoms with E-state index >= 15 is 0 Å². The highest BCUT2D eigenvalue weighted by Crippen LogP contribution is 2.21. The molecule has 6 nitrogen and oxygen atoms in total. The second-order valence-corrected chi connectivity index (χ2v) is 7.17. The molecule has 0 saturated carbocycles. The summed E-state index contributed by atoms with van der Waals surface area (Å²) in [5.41, 5.74) is 3.40. The van der Waals surface area contributed by atoms with Crippen LogP contribution in [0.15, 0.2) is 36.4 Å². The van der Waals surface area contributed by atoms with Crippen molar-refractivity contribution in [2.75, 3.05) is 0 Å². The lowest BCUT2D eigenvalue weighted by Gasteiger charge is -2.08. The minimum atomic E-state index is -3.79. The number of benzene rings is 1. The van der Waals surface area contributed by atoms with E-state index < -0.39 is 15.9 Å². The number of carbonyl (C=O) groups is 1. The third-order valence-corrected chi connectivity index (χ3v) is 4.72. The molecule has 3 rings (SSSR count). The fourth-order valence-electron chi connectivity index (χ4n) is 2.43. The summed E-state index contributed by atoms with van der Waals surface area (Å²) in [6.07, 6.45) is 0. The standard InChI is InChI=1S/C16H16N2O4S/c1-11-3-2-4-15(17-11)16(19)18-23(20,21)10-12-5-6-13-8-22-9-14(13)7-12/h2-7H,8-10H2,1H3,(H,18,19). The minimum Gasteiger partial charge on any atom is -0.372 e. The Morgan fingerprint density at radius 3 is 2.78 bits per heavy atom. The van der Waals surface area contributed by atoms with Crippen molar-refractivity contribution in [3.8, 4) is 0 Å². The van der Waals surface area contributed by atoms with Crippen molar-refractivity contribution in [1.82, 2.24) is 9.71 Å². The molecule has 23 heavy (non-hydrogen) atoms. The van der Waals surface area contributed by atoms with Gasteiger partial charge in [-0.1, -0.05) is 24.3 Å². The highest BCUT2D eigenvalue weighted by Gasteiger charge is 2.19. The van der Waals surface area contributed by atoms with Crippen molar-refractivity contribution in [2.45, 2.75) is 25.9 Å². The Morgan fingerprint density at radius 1 is 1.22 bits per heavy atom. The van der Waals surface area contributed by atoms with Gasteiger partial charge in [-0.25, -0.2) is 18.1 Å². The first kappa shape index (κ1) is 15.6. The van der Waals surface area contributed by atoms with Crippen LogP contribution in [0.3, 0.4) is 0 Å². The number of hydrogen-bond donors (Lipinski definition) is 1. The van der Waals surface area contributed by atoms with E-state index in [1.807, 2.05) is 6.07 Å². The van der Waals surface area contributed by atoms with E-state index in [0.717, 1.165) is 11.1 Å². The number of amides is 1. The van der Waals surface area contributed by atoms with Gasteiger partial charge >= 0.3 is 0 Å². The molecule has 0 bridgehead atoms. The second-order valence-electron chi connectivity index (χ2n) is 5.45. The maximum absolute atomic E-state index is 12.2. The van der Waals surface area contributed by atoms with Crippen LogP contribution in [-0.2, 0) is 33.7 Å². The van der Waals surface area contributed by atoms with Gasteiger partial charge in [-0.3, -0.25) is 4.79 Å². The van der Waals surface area contributed by atoms with E-state index in [9.17, 15) is 13.2 Å². The van der Waals surface area contributed by atoms with Crippen LogP contribution >= 0.6 is 0 Å². The lowest BCUT2D eigenvalue weighted by molar-refractivity contribution is 0.0976. The number of pyridine rings is 1. The average Bonchev–Trinajstić information content (AvgIpc) is 2.93. The smallest absolute Gasteiger partial charge is 0.283 e. The summed E-state index contributed by atoms with van der Waals surface area (Å²) in [6.45, 7) is 2.78. The molecule has 7 heteroatoms. The van der Waals surface area contributed by atoms with Gasteiger partial charge in [-0.2, -0.15) is 0 Å². The Hall–Kier alpha value is -2.25. The van der Waals surface area contributed by atoms with Gasteiger partial charge in [0.1, 0.15) is 5.69 Å². The summed E-state index contributed by atoms with van der Waals surface area (Å²) in [6, 6.07) is 10.3. The Kier molecular flexibility index (Phi) is 4.14. The summed E-state index contributed by atoms with van der Waals surface area (Å²) in [5.74, 6) is -0.990. The lowest BCUT2D eigenvalue weighted by atomic mass is 10.1. The first-order chi connectivity index (χ1) is 10.9. The van der Waals surface area contributed by atoms with Gasteiger partial charge in [0, 0.05) is 5.69 Å². The van der Waals surface area contributed by atoms with Crippen LogP contribution in [0.2, 0.25) is 0 Å². The highest BCUT2D eigenvalue weighted by atomic mass is 32.2. The maximum atomic E-state index is 12.2. The van der Waals surface area contributed by atoms with E-state index in [1.54, 1.807) is 31.2 Å². The number of aromatic nitrogens is 1. The predicted octanol–water partition coefficient (Wildman–Crippen LogP) is 1.68. The Morgan fingerprint density at radius 2 is 2.00 bits per heavy atom. The molecule has 1 aromatic carbocycles. The molecule has 0 fully saturated rings. The van der Waals surface area contributed by atoms with Crippen molar-refractivity contribution >= 4 is 15.9 Å². The van der Waals surface area contributed by atoms with Gasteiger partial charge in [0.25, 0.3) is 5.91 Å². The number of sulfonamides is 1. The van der Waals surface area contributed by atoms with E-state index in [-0.39, 0.29) is 11.4 Å². The van der Waals surface area contributed by atoms with E-state index in [1.165, 1.54) is 6.07 Å². The van der Waals surface area contributed by atoms with Crippen molar-refractivity contribution in [3.63, 3.8) is 0 Å². The molecule has 2 aromatic rings. The lowest BCUT2D eigenvalue weighted by Crippen LogP contribution is -2.32. The third kappa shape index (κ3) is 3.75. The zero-order valence-electron chi connectivity index (χ0n) is 12.6. The van der Waals surface area contributed by atoms with Crippen LogP contribution in [0.25, 0.3) is 0 Å². The van der Waals surface area contributed by atoms with Gasteiger partial charge in [-0.15, -0.1) is 0 Å². The molecule has 0 radical (unpaired) electrons. The Balaban J connectivity index is 1.73. The number of carbonyl (C=O) groups excluding carboxylic acids is 1. The fraction of sp³-hybridized carbons (Fsp3) is 0.250. The van der Waals surface area contributed by atoms with Gasteiger partial charge in [0.15, 0.2) is 0 Å². The Bertz CT molecular complexity index is 862. The van der Waals surface area contributed by atoms with Gasteiger partial charge < -0.3 is 4.74 Å². The van der Waals surface area contributed by atoms with E-state index in [4.69, 9.17) is 4.74 Å². The van der Waals surface area contributed by atoms with E-state index in [2.05, 4.69) is 9.71 Å². The monoisotopic (exact) mass is 332 g/mol. The molecule has 1 aliphatic heterocycles. The molecule has 1 N–H and O–H groups in total. The topological polar surface area (TPSA) is 85.4 Å². The third-order valence-electron chi connectivity index (χ3n) is 3.51.